The number of imide groups is 1. The number of benzene rings is 3. The third-order valence-electron chi connectivity index (χ3n) is 4.79. The zero-order chi connectivity index (χ0) is 24.2. The molecule has 5 nitrogen and oxygen atoms in total. The summed E-state index contributed by atoms with van der Waals surface area (Å²) in [6, 6.07) is 17.8. The monoisotopic (exact) mass is 577 g/mol. The van der Waals surface area contributed by atoms with Crippen molar-refractivity contribution >= 4 is 73.8 Å². The number of ether oxygens (including phenoxy) is 2. The molecule has 4 rings (SSSR count). The summed E-state index contributed by atoms with van der Waals surface area (Å²) in [5, 5.41) is 0.375. The van der Waals surface area contributed by atoms with Gasteiger partial charge in [-0.05, 0) is 78.4 Å². The molecule has 0 bridgehead atoms. The molecule has 0 atom stereocenters. The van der Waals surface area contributed by atoms with Crippen molar-refractivity contribution in [3.63, 3.8) is 0 Å². The number of hydrogen-bond acceptors (Lipinski definition) is 5. The SMILES string of the molecule is CCOc1cc(/C=C2/SC(=O)N(c3cccc(Cl)c3)C2=O)cc(Cl)c1OCc1ccc(Br)cc1. The van der Waals surface area contributed by atoms with Gasteiger partial charge in [0.25, 0.3) is 11.1 Å². The Kier molecular flexibility index (Phi) is 7.88. The fourth-order valence-electron chi connectivity index (χ4n) is 3.27. The summed E-state index contributed by atoms with van der Waals surface area (Å²) < 4.78 is 12.7. The maximum Gasteiger partial charge on any atom is 0.298 e. The predicted molar refractivity (Wildman–Crippen MR) is 141 cm³/mol. The molecular formula is C25H18BrCl2NO4S. The van der Waals surface area contributed by atoms with Gasteiger partial charge >= 0.3 is 0 Å². The van der Waals surface area contributed by atoms with Crippen LogP contribution >= 0.6 is 50.9 Å². The van der Waals surface area contributed by atoms with E-state index in [-0.39, 0.29) is 4.91 Å². The fraction of sp³-hybridized carbons (Fsp3) is 0.120. The van der Waals surface area contributed by atoms with E-state index in [4.69, 9.17) is 32.7 Å². The van der Waals surface area contributed by atoms with E-state index in [9.17, 15) is 9.59 Å². The average Bonchev–Trinajstić information content (AvgIpc) is 3.07. The third kappa shape index (κ3) is 5.61. The van der Waals surface area contributed by atoms with Crippen molar-refractivity contribution < 1.29 is 19.1 Å². The lowest BCUT2D eigenvalue weighted by atomic mass is 10.1. The molecule has 34 heavy (non-hydrogen) atoms. The summed E-state index contributed by atoms with van der Waals surface area (Å²) in [7, 11) is 0. The van der Waals surface area contributed by atoms with Gasteiger partial charge in [-0.1, -0.05) is 57.3 Å². The number of halogens is 3. The van der Waals surface area contributed by atoms with E-state index >= 15 is 0 Å². The van der Waals surface area contributed by atoms with Gasteiger partial charge in [-0.25, -0.2) is 4.90 Å². The van der Waals surface area contributed by atoms with Crippen LogP contribution in [0.1, 0.15) is 18.1 Å². The molecule has 0 spiro atoms. The first-order chi connectivity index (χ1) is 16.4. The highest BCUT2D eigenvalue weighted by Crippen LogP contribution is 2.40. The summed E-state index contributed by atoms with van der Waals surface area (Å²) >= 11 is 16.8. The first kappa shape index (κ1) is 24.7. The van der Waals surface area contributed by atoms with Gasteiger partial charge < -0.3 is 9.47 Å². The maximum absolute atomic E-state index is 13.0. The van der Waals surface area contributed by atoms with Crippen molar-refractivity contribution in [2.45, 2.75) is 13.5 Å². The molecule has 1 fully saturated rings. The number of carbonyl (C=O) groups excluding carboxylic acids is 2. The Morgan fingerprint density at radius 3 is 2.50 bits per heavy atom. The standard InChI is InChI=1S/C25H18BrCl2NO4S/c1-2-32-21-11-16(10-20(28)23(21)33-14-15-6-8-17(26)9-7-15)12-22-24(30)29(25(31)34-22)19-5-3-4-18(27)13-19/h3-13H,2,14H2,1H3/b22-12+. The number of amides is 2. The topological polar surface area (TPSA) is 55.8 Å². The van der Waals surface area contributed by atoms with Crippen molar-refractivity contribution in [2.75, 3.05) is 11.5 Å². The Morgan fingerprint density at radius 1 is 1.03 bits per heavy atom. The summed E-state index contributed by atoms with van der Waals surface area (Å²) in [4.78, 5) is 26.9. The quantitative estimate of drug-likeness (QED) is 0.266. The molecule has 2 amide bonds. The molecule has 1 aliphatic rings. The van der Waals surface area contributed by atoms with Gasteiger partial charge in [0.1, 0.15) is 6.61 Å². The van der Waals surface area contributed by atoms with Gasteiger partial charge in [-0.3, -0.25) is 9.59 Å². The van der Waals surface area contributed by atoms with Crippen molar-refractivity contribution in [1.29, 1.82) is 0 Å². The van der Waals surface area contributed by atoms with Crippen LogP contribution in [0.3, 0.4) is 0 Å². The zero-order valence-corrected chi connectivity index (χ0v) is 21.8. The molecule has 1 aliphatic heterocycles. The second-order valence-corrected chi connectivity index (χ2v) is 9.93. The average molecular weight is 579 g/mol. The summed E-state index contributed by atoms with van der Waals surface area (Å²) in [6.07, 6.45) is 1.61. The first-order valence-corrected chi connectivity index (χ1v) is 12.6. The Bertz CT molecular complexity index is 1280. The van der Waals surface area contributed by atoms with Crippen LogP contribution in [0.2, 0.25) is 10.0 Å². The van der Waals surface area contributed by atoms with E-state index in [0.717, 1.165) is 26.7 Å². The van der Waals surface area contributed by atoms with Crippen LogP contribution in [0.15, 0.2) is 70.0 Å². The number of hydrogen-bond donors (Lipinski definition) is 0. The maximum atomic E-state index is 13.0. The van der Waals surface area contributed by atoms with Gasteiger partial charge in [-0.15, -0.1) is 0 Å². The minimum absolute atomic E-state index is 0.270. The fourth-order valence-corrected chi connectivity index (χ4v) is 4.83. The number of rotatable bonds is 7. The number of nitrogens with zero attached hydrogens (tertiary/aromatic N) is 1. The number of carbonyl (C=O) groups is 2. The highest BCUT2D eigenvalue weighted by atomic mass is 79.9. The normalized spacial score (nSPS) is 14.7. The largest absolute Gasteiger partial charge is 0.490 e. The molecule has 0 N–H and O–H groups in total. The van der Waals surface area contributed by atoms with Crippen LogP contribution in [-0.2, 0) is 11.4 Å². The van der Waals surface area contributed by atoms with Crippen LogP contribution in [0.5, 0.6) is 11.5 Å². The van der Waals surface area contributed by atoms with E-state index < -0.39 is 11.1 Å². The van der Waals surface area contributed by atoms with E-state index in [0.29, 0.717) is 46.0 Å². The van der Waals surface area contributed by atoms with Crippen LogP contribution in [-0.4, -0.2) is 17.8 Å². The van der Waals surface area contributed by atoms with Gasteiger partial charge in [0.05, 0.1) is 22.2 Å². The molecule has 0 aliphatic carbocycles. The van der Waals surface area contributed by atoms with Gasteiger partial charge in [0.15, 0.2) is 11.5 Å². The second-order valence-electron chi connectivity index (χ2n) is 7.18. The van der Waals surface area contributed by atoms with Crippen LogP contribution in [0.25, 0.3) is 6.08 Å². The minimum Gasteiger partial charge on any atom is -0.490 e. The molecule has 0 aromatic heterocycles. The van der Waals surface area contributed by atoms with Crippen molar-refractivity contribution in [2.24, 2.45) is 0 Å². The van der Waals surface area contributed by atoms with Crippen molar-refractivity contribution in [1.82, 2.24) is 0 Å². The zero-order valence-electron chi connectivity index (χ0n) is 17.9. The Balaban J connectivity index is 1.60. The van der Waals surface area contributed by atoms with Crippen molar-refractivity contribution in [3.05, 3.63) is 91.2 Å². The van der Waals surface area contributed by atoms with E-state index in [1.54, 1.807) is 42.5 Å². The molecule has 0 radical (unpaired) electrons. The molecule has 1 saturated heterocycles. The summed E-state index contributed by atoms with van der Waals surface area (Å²) in [6.45, 7) is 2.57. The molecule has 9 heteroatoms. The molecular weight excluding hydrogens is 561 g/mol. The number of thioether (sulfide) groups is 1. The van der Waals surface area contributed by atoms with E-state index in [2.05, 4.69) is 15.9 Å². The summed E-state index contributed by atoms with van der Waals surface area (Å²) in [5.41, 5.74) is 2.00. The van der Waals surface area contributed by atoms with Crippen LogP contribution in [0.4, 0.5) is 10.5 Å². The highest BCUT2D eigenvalue weighted by Gasteiger charge is 2.36. The Hall–Kier alpha value is -2.45. The Labute approximate surface area is 219 Å². The molecule has 3 aromatic rings. The lowest BCUT2D eigenvalue weighted by Crippen LogP contribution is -2.27. The molecule has 174 valence electrons. The second kappa shape index (κ2) is 10.9. The molecule has 1 heterocycles. The lowest BCUT2D eigenvalue weighted by Gasteiger charge is -2.15. The third-order valence-corrected chi connectivity index (χ3v) is 6.70. The van der Waals surface area contributed by atoms with Crippen molar-refractivity contribution in [3.8, 4) is 11.5 Å². The van der Waals surface area contributed by atoms with Gasteiger partial charge in [0, 0.05) is 9.50 Å². The number of anilines is 1. The lowest BCUT2D eigenvalue weighted by molar-refractivity contribution is -0.113. The molecule has 3 aromatic carbocycles. The van der Waals surface area contributed by atoms with Crippen LogP contribution < -0.4 is 14.4 Å². The summed E-state index contributed by atoms with van der Waals surface area (Å²) in [5.74, 6) is 0.435. The van der Waals surface area contributed by atoms with E-state index in [1.807, 2.05) is 31.2 Å². The van der Waals surface area contributed by atoms with Gasteiger partial charge in [0.2, 0.25) is 0 Å². The van der Waals surface area contributed by atoms with Gasteiger partial charge in [-0.2, -0.15) is 0 Å². The highest BCUT2D eigenvalue weighted by molar-refractivity contribution is 9.10. The minimum atomic E-state index is -0.429. The van der Waals surface area contributed by atoms with E-state index in [1.165, 1.54) is 0 Å². The van der Waals surface area contributed by atoms with Crippen LogP contribution in [0, 0.1) is 0 Å². The first-order valence-electron chi connectivity index (χ1n) is 10.2. The molecule has 0 saturated carbocycles. The Morgan fingerprint density at radius 2 is 1.79 bits per heavy atom. The molecule has 0 unspecified atom stereocenters. The smallest absolute Gasteiger partial charge is 0.298 e. The predicted octanol–water partition coefficient (Wildman–Crippen LogP) is 7.97.